The minimum absolute atomic E-state index is 0.136. The quantitative estimate of drug-likeness (QED) is 0.538. The molecule has 0 spiro atoms. The zero-order valence-corrected chi connectivity index (χ0v) is 18.2. The Bertz CT molecular complexity index is 769. The van der Waals surface area contributed by atoms with Gasteiger partial charge in [-0.25, -0.2) is 0 Å². The minimum atomic E-state index is -0.460. The first-order chi connectivity index (χ1) is 13.2. The molecule has 2 rings (SSSR count). The molecule has 28 heavy (non-hydrogen) atoms. The molecule has 0 saturated carbocycles. The summed E-state index contributed by atoms with van der Waals surface area (Å²) >= 11 is 6.50. The molecule has 0 aliphatic carbocycles. The lowest BCUT2D eigenvalue weighted by molar-refractivity contribution is -0.139. The van der Waals surface area contributed by atoms with Crippen molar-refractivity contribution in [2.75, 3.05) is 26.3 Å². The molecule has 152 valence electrons. The summed E-state index contributed by atoms with van der Waals surface area (Å²) in [6.07, 6.45) is 1.76. The first-order valence-corrected chi connectivity index (χ1v) is 10.3. The number of thiocarbonyl (C=S) groups is 1. The van der Waals surface area contributed by atoms with Gasteiger partial charge in [0.25, 0.3) is 5.91 Å². The summed E-state index contributed by atoms with van der Waals surface area (Å²) in [4.78, 5) is 28.8. The van der Waals surface area contributed by atoms with Gasteiger partial charge >= 0.3 is 0 Å². The van der Waals surface area contributed by atoms with Crippen molar-refractivity contribution in [1.82, 2.24) is 9.80 Å². The second kappa shape index (κ2) is 9.54. The molecule has 1 aliphatic heterocycles. The average Bonchev–Trinajstić information content (AvgIpc) is 2.88. The number of nitrogens with zero attached hydrogens (tertiary/aromatic N) is 2. The fourth-order valence-electron chi connectivity index (χ4n) is 2.77. The number of hydrogen-bond acceptors (Lipinski definition) is 6. The number of amides is 2. The van der Waals surface area contributed by atoms with Crippen LogP contribution >= 0.6 is 24.0 Å². The van der Waals surface area contributed by atoms with Crippen molar-refractivity contribution in [1.29, 1.82) is 0 Å². The summed E-state index contributed by atoms with van der Waals surface area (Å²) < 4.78 is 5.77. The molecule has 0 atom stereocenters. The maximum absolute atomic E-state index is 12.8. The van der Waals surface area contributed by atoms with E-state index in [0.717, 1.165) is 11.3 Å². The summed E-state index contributed by atoms with van der Waals surface area (Å²) in [5.41, 5.74) is 0.394. The molecule has 0 bridgehead atoms. The van der Waals surface area contributed by atoms with Crippen LogP contribution in [0.25, 0.3) is 6.08 Å². The molecule has 6 nitrogen and oxygen atoms in total. The van der Waals surface area contributed by atoms with Crippen molar-refractivity contribution in [2.45, 2.75) is 33.2 Å². The average molecular weight is 423 g/mol. The number of benzene rings is 1. The Kier molecular flexibility index (Phi) is 7.63. The lowest BCUT2D eigenvalue weighted by Crippen LogP contribution is -2.51. The van der Waals surface area contributed by atoms with E-state index < -0.39 is 5.54 Å². The van der Waals surface area contributed by atoms with Crippen LogP contribution in [0.4, 0.5) is 0 Å². The SMILES string of the molecule is CCOc1ccc(C=C2SC(=S)N(CC(=O)N(CCO)C(C)(C)C)C2=O)cc1. The molecule has 0 radical (unpaired) electrons. The van der Waals surface area contributed by atoms with Crippen LogP contribution in [0.1, 0.15) is 33.3 Å². The van der Waals surface area contributed by atoms with E-state index in [9.17, 15) is 14.7 Å². The molecule has 1 N–H and O–H groups in total. The van der Waals surface area contributed by atoms with Gasteiger partial charge in [0.15, 0.2) is 0 Å². The maximum Gasteiger partial charge on any atom is 0.266 e. The molecular formula is C20H26N2O4S2. The highest BCUT2D eigenvalue weighted by Gasteiger charge is 2.36. The van der Waals surface area contributed by atoms with E-state index in [1.807, 2.05) is 52.0 Å². The van der Waals surface area contributed by atoms with Crippen molar-refractivity contribution in [2.24, 2.45) is 0 Å². The number of carbonyl (C=O) groups excluding carboxylic acids is 2. The number of carbonyl (C=O) groups is 2. The van der Waals surface area contributed by atoms with Crippen molar-refractivity contribution in [3.63, 3.8) is 0 Å². The van der Waals surface area contributed by atoms with Crippen LogP contribution in [-0.4, -0.2) is 62.9 Å². The Labute approximate surface area is 175 Å². The predicted molar refractivity (Wildman–Crippen MR) is 116 cm³/mol. The van der Waals surface area contributed by atoms with Gasteiger partial charge in [-0.1, -0.05) is 36.1 Å². The van der Waals surface area contributed by atoms with Gasteiger partial charge in [0, 0.05) is 12.1 Å². The molecule has 1 fully saturated rings. The molecule has 1 aromatic carbocycles. The standard InChI is InChI=1S/C20H26N2O4S2/c1-5-26-15-8-6-14(7-9-15)12-16-18(25)21(19(27)28-16)13-17(24)22(10-11-23)20(2,3)4/h6-9,12,23H,5,10-11,13H2,1-4H3. The Hall–Kier alpha value is -1.90. The molecule has 1 heterocycles. The zero-order chi connectivity index (χ0) is 20.9. The largest absolute Gasteiger partial charge is 0.494 e. The Morgan fingerprint density at radius 1 is 1.32 bits per heavy atom. The van der Waals surface area contributed by atoms with E-state index in [4.69, 9.17) is 17.0 Å². The van der Waals surface area contributed by atoms with Crippen LogP contribution in [0.2, 0.25) is 0 Å². The van der Waals surface area contributed by atoms with Crippen LogP contribution in [0.5, 0.6) is 5.75 Å². The highest BCUT2D eigenvalue weighted by atomic mass is 32.2. The van der Waals surface area contributed by atoms with E-state index in [0.29, 0.717) is 15.8 Å². The fourth-order valence-corrected chi connectivity index (χ4v) is 4.02. The number of β-amino-alcohol motifs (C(OH)–C–C–N with tert-alkyl or cyclic N) is 1. The number of rotatable bonds is 7. The number of hydrogen-bond donors (Lipinski definition) is 1. The second-order valence-electron chi connectivity index (χ2n) is 7.21. The molecule has 0 unspecified atom stereocenters. The smallest absolute Gasteiger partial charge is 0.266 e. The summed E-state index contributed by atoms with van der Waals surface area (Å²) in [5.74, 6) is 0.235. The van der Waals surface area contributed by atoms with Crippen molar-refractivity contribution in [3.8, 4) is 5.75 Å². The van der Waals surface area contributed by atoms with Crippen molar-refractivity contribution in [3.05, 3.63) is 34.7 Å². The second-order valence-corrected chi connectivity index (χ2v) is 8.89. The lowest BCUT2D eigenvalue weighted by Gasteiger charge is -2.36. The third-order valence-corrected chi connectivity index (χ3v) is 5.47. The number of thioether (sulfide) groups is 1. The molecule has 0 aromatic heterocycles. The summed E-state index contributed by atoms with van der Waals surface area (Å²) in [6.45, 7) is 8.10. The van der Waals surface area contributed by atoms with Gasteiger partial charge in [0.1, 0.15) is 16.6 Å². The highest BCUT2D eigenvalue weighted by molar-refractivity contribution is 8.26. The molecular weight excluding hydrogens is 396 g/mol. The highest BCUT2D eigenvalue weighted by Crippen LogP contribution is 2.33. The number of ether oxygens (including phenoxy) is 1. The van der Waals surface area contributed by atoms with Crippen LogP contribution < -0.4 is 4.74 Å². The van der Waals surface area contributed by atoms with Crippen molar-refractivity contribution < 1.29 is 19.4 Å². The van der Waals surface area contributed by atoms with Crippen LogP contribution in [0.15, 0.2) is 29.2 Å². The summed E-state index contributed by atoms with van der Waals surface area (Å²) in [5, 5.41) is 9.25. The molecule has 1 aromatic rings. The first-order valence-electron chi connectivity index (χ1n) is 9.07. The predicted octanol–water partition coefficient (Wildman–Crippen LogP) is 2.91. The van der Waals surface area contributed by atoms with Gasteiger partial charge in [0.05, 0.1) is 18.1 Å². The first kappa shape index (κ1) is 22.4. The Balaban J connectivity index is 2.13. The van der Waals surface area contributed by atoms with E-state index in [1.54, 1.807) is 11.0 Å². The van der Waals surface area contributed by atoms with E-state index in [-0.39, 0.29) is 31.5 Å². The maximum atomic E-state index is 12.8. The normalized spacial score (nSPS) is 16.0. The topological polar surface area (TPSA) is 70.1 Å². The third kappa shape index (κ3) is 5.56. The lowest BCUT2D eigenvalue weighted by atomic mass is 10.1. The molecule has 1 aliphatic rings. The van der Waals surface area contributed by atoms with Gasteiger partial charge in [-0.15, -0.1) is 0 Å². The van der Waals surface area contributed by atoms with Crippen LogP contribution in [-0.2, 0) is 9.59 Å². The monoisotopic (exact) mass is 422 g/mol. The van der Waals surface area contributed by atoms with Crippen LogP contribution in [0, 0.1) is 0 Å². The summed E-state index contributed by atoms with van der Waals surface area (Å²) in [6, 6.07) is 7.42. The molecule has 8 heteroatoms. The van der Waals surface area contributed by atoms with Gasteiger partial charge in [-0.05, 0) is 51.5 Å². The van der Waals surface area contributed by atoms with Crippen molar-refractivity contribution >= 4 is 46.2 Å². The zero-order valence-electron chi connectivity index (χ0n) is 16.6. The summed E-state index contributed by atoms with van der Waals surface area (Å²) in [7, 11) is 0. The fraction of sp³-hybridized carbons (Fsp3) is 0.450. The Morgan fingerprint density at radius 3 is 2.50 bits per heavy atom. The van der Waals surface area contributed by atoms with Gasteiger partial charge in [-0.2, -0.15) is 0 Å². The number of aliphatic hydroxyl groups excluding tert-OH is 1. The Morgan fingerprint density at radius 2 is 1.96 bits per heavy atom. The van der Waals surface area contributed by atoms with E-state index in [1.165, 1.54) is 16.7 Å². The molecule has 1 saturated heterocycles. The minimum Gasteiger partial charge on any atom is -0.494 e. The van der Waals surface area contributed by atoms with Crippen LogP contribution in [0.3, 0.4) is 0 Å². The van der Waals surface area contributed by atoms with Gasteiger partial charge in [0.2, 0.25) is 5.91 Å². The van der Waals surface area contributed by atoms with E-state index >= 15 is 0 Å². The van der Waals surface area contributed by atoms with E-state index in [2.05, 4.69) is 0 Å². The third-order valence-electron chi connectivity index (χ3n) is 4.09. The number of aliphatic hydroxyl groups is 1. The van der Waals surface area contributed by atoms with Gasteiger partial charge < -0.3 is 14.7 Å². The van der Waals surface area contributed by atoms with Gasteiger partial charge in [-0.3, -0.25) is 14.5 Å². The molecule has 2 amide bonds.